The molecule has 2 nitrogen and oxygen atoms in total. The zero-order valence-electron chi connectivity index (χ0n) is 7.66. The first-order valence-electron chi connectivity index (χ1n) is 3.87. The molecule has 0 saturated heterocycles. The average Bonchev–Trinajstić information content (AvgIpc) is 2.14. The Kier molecular flexibility index (Phi) is 3.37. The molecule has 0 saturated carbocycles. The maximum atomic E-state index is 12.3. The van der Waals surface area contributed by atoms with Crippen LogP contribution in [0.25, 0.3) is 0 Å². The maximum absolute atomic E-state index is 12.3. The van der Waals surface area contributed by atoms with Crippen LogP contribution in [0.15, 0.2) is 12.3 Å². The molecular weight excluding hydrogens is 276 g/mol. The van der Waals surface area contributed by atoms with Gasteiger partial charge in [0.2, 0.25) is 0 Å². The third kappa shape index (κ3) is 3.09. The largest absolute Gasteiger partial charge is 0.433 e. The number of carbonyl (C=O) groups excluding carboxylic acids is 1. The van der Waals surface area contributed by atoms with Gasteiger partial charge in [0.15, 0.2) is 0 Å². The molecule has 0 bridgehead atoms. The van der Waals surface area contributed by atoms with E-state index in [4.69, 9.17) is 11.6 Å². The molecule has 1 aromatic heterocycles. The Bertz CT molecular complexity index is 452. The van der Waals surface area contributed by atoms with Crippen LogP contribution in [0.2, 0.25) is 0 Å². The molecule has 0 aliphatic rings. The van der Waals surface area contributed by atoms with Crippen molar-refractivity contribution >= 4 is 16.8 Å². The van der Waals surface area contributed by atoms with Crippen LogP contribution in [0.4, 0.5) is 26.3 Å². The molecule has 0 spiro atoms. The molecular formula is C8H2ClF6NO. The van der Waals surface area contributed by atoms with Crippen LogP contribution in [0.1, 0.15) is 21.6 Å². The first-order chi connectivity index (χ1) is 7.53. The van der Waals surface area contributed by atoms with Crippen molar-refractivity contribution in [1.29, 1.82) is 0 Å². The van der Waals surface area contributed by atoms with E-state index in [2.05, 4.69) is 4.98 Å². The highest BCUT2D eigenvalue weighted by molar-refractivity contribution is 6.67. The molecule has 0 aliphatic carbocycles. The van der Waals surface area contributed by atoms with Crippen molar-refractivity contribution < 1.29 is 31.1 Å². The van der Waals surface area contributed by atoms with Gasteiger partial charge >= 0.3 is 12.4 Å². The van der Waals surface area contributed by atoms with Crippen LogP contribution >= 0.6 is 11.6 Å². The summed E-state index contributed by atoms with van der Waals surface area (Å²) in [6.45, 7) is 0. The summed E-state index contributed by atoms with van der Waals surface area (Å²) in [5, 5.41) is -1.63. The smallest absolute Gasteiger partial charge is 0.276 e. The van der Waals surface area contributed by atoms with Gasteiger partial charge in [-0.15, -0.1) is 0 Å². The van der Waals surface area contributed by atoms with E-state index in [0.29, 0.717) is 0 Å². The second-order valence-electron chi connectivity index (χ2n) is 2.88. The molecule has 1 heterocycles. The molecule has 17 heavy (non-hydrogen) atoms. The van der Waals surface area contributed by atoms with E-state index in [1.165, 1.54) is 0 Å². The first kappa shape index (κ1) is 13.8. The minimum atomic E-state index is -5.00. The molecule has 0 radical (unpaired) electrons. The Morgan fingerprint density at radius 2 is 1.65 bits per heavy atom. The summed E-state index contributed by atoms with van der Waals surface area (Å²) in [5.41, 5.74) is -4.50. The highest BCUT2D eigenvalue weighted by atomic mass is 35.5. The molecule has 0 unspecified atom stereocenters. The zero-order valence-corrected chi connectivity index (χ0v) is 8.41. The second kappa shape index (κ2) is 4.17. The normalized spacial score (nSPS) is 12.6. The summed E-state index contributed by atoms with van der Waals surface area (Å²) < 4.78 is 73.4. The second-order valence-corrected chi connectivity index (χ2v) is 3.23. The number of pyridine rings is 1. The van der Waals surface area contributed by atoms with Gasteiger partial charge in [-0.2, -0.15) is 26.3 Å². The fourth-order valence-corrected chi connectivity index (χ4v) is 1.16. The molecule has 0 aliphatic heterocycles. The highest BCUT2D eigenvalue weighted by Gasteiger charge is 2.39. The van der Waals surface area contributed by atoms with E-state index in [0.717, 1.165) is 0 Å². The van der Waals surface area contributed by atoms with E-state index in [1.807, 2.05) is 0 Å². The molecule has 9 heteroatoms. The Labute approximate surface area is 95.2 Å². The quantitative estimate of drug-likeness (QED) is 0.581. The van der Waals surface area contributed by atoms with Gasteiger partial charge in [0.25, 0.3) is 5.24 Å². The van der Waals surface area contributed by atoms with Crippen molar-refractivity contribution in [3.63, 3.8) is 0 Å². The number of alkyl halides is 6. The van der Waals surface area contributed by atoms with Crippen molar-refractivity contribution in [1.82, 2.24) is 4.98 Å². The lowest BCUT2D eigenvalue weighted by Gasteiger charge is -2.12. The van der Waals surface area contributed by atoms with Gasteiger partial charge in [0.05, 0.1) is 5.56 Å². The predicted molar refractivity (Wildman–Crippen MR) is 44.4 cm³/mol. The highest BCUT2D eigenvalue weighted by Crippen LogP contribution is 2.35. The van der Waals surface area contributed by atoms with Gasteiger partial charge in [-0.3, -0.25) is 9.78 Å². The average molecular weight is 278 g/mol. The summed E-state index contributed by atoms with van der Waals surface area (Å²) >= 11 is 4.80. The minimum absolute atomic E-state index is 0.0296. The zero-order chi connectivity index (χ0) is 13.4. The van der Waals surface area contributed by atoms with E-state index in [-0.39, 0.29) is 12.3 Å². The maximum Gasteiger partial charge on any atom is 0.433 e. The van der Waals surface area contributed by atoms with Gasteiger partial charge in [-0.05, 0) is 17.7 Å². The van der Waals surface area contributed by atoms with E-state index in [1.54, 1.807) is 0 Å². The summed E-state index contributed by atoms with van der Waals surface area (Å²) in [6.07, 6.45) is -10.0. The molecule has 0 fully saturated rings. The number of rotatable bonds is 1. The Hall–Kier alpha value is -1.31. The van der Waals surface area contributed by atoms with Crippen molar-refractivity contribution in [2.24, 2.45) is 0 Å². The number of hydrogen-bond donors (Lipinski definition) is 0. The minimum Gasteiger partial charge on any atom is -0.276 e. The third-order valence-electron chi connectivity index (χ3n) is 1.71. The fourth-order valence-electron chi connectivity index (χ4n) is 0.999. The van der Waals surface area contributed by atoms with Gasteiger partial charge in [-0.25, -0.2) is 0 Å². The standard InChI is InChI=1S/C8H2ClF6NO/c9-6(17)3-1-5(8(13,14)15)16-2-4(3)7(10,11)12/h1-2H. The topological polar surface area (TPSA) is 30.0 Å². The fraction of sp³-hybridized carbons (Fsp3) is 0.250. The van der Waals surface area contributed by atoms with E-state index >= 15 is 0 Å². The van der Waals surface area contributed by atoms with E-state index in [9.17, 15) is 31.1 Å². The molecule has 1 aromatic rings. The third-order valence-corrected chi connectivity index (χ3v) is 1.92. The lowest BCUT2D eigenvalue weighted by atomic mass is 10.1. The van der Waals surface area contributed by atoms with Crippen molar-refractivity contribution in [2.45, 2.75) is 12.4 Å². The van der Waals surface area contributed by atoms with E-state index < -0.39 is 34.4 Å². The number of aromatic nitrogens is 1. The molecule has 0 aromatic carbocycles. The van der Waals surface area contributed by atoms with Crippen LogP contribution in [-0.2, 0) is 12.4 Å². The molecule has 0 N–H and O–H groups in total. The van der Waals surface area contributed by atoms with Crippen LogP contribution in [0.5, 0.6) is 0 Å². The summed E-state index contributed by atoms with van der Waals surface area (Å²) in [5.74, 6) is 0. The van der Waals surface area contributed by atoms with Crippen LogP contribution in [0.3, 0.4) is 0 Å². The van der Waals surface area contributed by atoms with Gasteiger partial charge < -0.3 is 0 Å². The van der Waals surface area contributed by atoms with Crippen LogP contribution in [-0.4, -0.2) is 10.2 Å². The van der Waals surface area contributed by atoms with Gasteiger partial charge in [0.1, 0.15) is 5.69 Å². The number of halogens is 7. The summed E-state index contributed by atoms with van der Waals surface area (Å²) in [6, 6.07) is -0.0296. The molecule has 1 rings (SSSR count). The Balaban J connectivity index is 3.43. The van der Waals surface area contributed by atoms with Crippen LogP contribution in [0, 0.1) is 0 Å². The number of carbonyl (C=O) groups is 1. The number of nitrogens with zero attached hydrogens (tertiary/aromatic N) is 1. The van der Waals surface area contributed by atoms with Crippen molar-refractivity contribution in [2.75, 3.05) is 0 Å². The van der Waals surface area contributed by atoms with Gasteiger partial charge in [0, 0.05) is 11.8 Å². The van der Waals surface area contributed by atoms with Gasteiger partial charge in [-0.1, -0.05) is 0 Å². The summed E-state index contributed by atoms with van der Waals surface area (Å²) in [7, 11) is 0. The molecule has 94 valence electrons. The van der Waals surface area contributed by atoms with Crippen molar-refractivity contribution in [3.05, 3.63) is 29.1 Å². The lowest BCUT2D eigenvalue weighted by molar-refractivity contribution is -0.144. The Morgan fingerprint density at radius 3 is 2.00 bits per heavy atom. The summed E-state index contributed by atoms with van der Waals surface area (Å²) in [4.78, 5) is 13.3. The molecule has 0 atom stereocenters. The monoisotopic (exact) mass is 277 g/mol. The first-order valence-corrected chi connectivity index (χ1v) is 4.25. The number of hydrogen-bond acceptors (Lipinski definition) is 2. The Morgan fingerprint density at radius 1 is 1.12 bits per heavy atom. The van der Waals surface area contributed by atoms with Crippen LogP contribution < -0.4 is 0 Å². The lowest BCUT2D eigenvalue weighted by Crippen LogP contribution is -2.16. The predicted octanol–water partition coefficient (Wildman–Crippen LogP) is 3.50. The van der Waals surface area contributed by atoms with Crippen molar-refractivity contribution in [3.8, 4) is 0 Å². The molecule has 0 amide bonds. The SMILES string of the molecule is O=C(Cl)c1cc(C(F)(F)F)ncc1C(F)(F)F.